The van der Waals surface area contributed by atoms with Crippen molar-refractivity contribution < 1.29 is 4.79 Å². The third kappa shape index (κ3) is 3.46. The molecule has 3 nitrogen and oxygen atoms in total. The summed E-state index contributed by atoms with van der Waals surface area (Å²) in [6, 6.07) is 10.4. The van der Waals surface area contributed by atoms with Crippen molar-refractivity contribution in [2.45, 2.75) is 51.7 Å². The molecular weight excluding hydrogens is 260 g/mol. The van der Waals surface area contributed by atoms with Crippen molar-refractivity contribution in [2.24, 2.45) is 11.8 Å². The summed E-state index contributed by atoms with van der Waals surface area (Å²) in [5, 5.41) is 3.57. The van der Waals surface area contributed by atoms with Gasteiger partial charge in [-0.3, -0.25) is 10.1 Å². The maximum absolute atomic E-state index is 12.7. The molecule has 1 N–H and O–H groups in total. The number of hydrogen-bond acceptors (Lipinski definition) is 2. The van der Waals surface area contributed by atoms with Crippen LogP contribution in [0.3, 0.4) is 0 Å². The van der Waals surface area contributed by atoms with Crippen LogP contribution < -0.4 is 5.32 Å². The van der Waals surface area contributed by atoms with Crippen LogP contribution in [0.1, 0.15) is 38.7 Å². The topological polar surface area (TPSA) is 32.3 Å². The lowest BCUT2D eigenvalue weighted by Gasteiger charge is -2.27. The van der Waals surface area contributed by atoms with Gasteiger partial charge < -0.3 is 4.90 Å². The Morgan fingerprint density at radius 2 is 1.95 bits per heavy atom. The molecule has 2 atom stereocenters. The van der Waals surface area contributed by atoms with Crippen molar-refractivity contribution in [3.05, 3.63) is 35.9 Å². The molecule has 3 heteroatoms. The monoisotopic (exact) mass is 286 g/mol. The van der Waals surface area contributed by atoms with Crippen LogP contribution in [0.25, 0.3) is 0 Å². The largest absolute Gasteiger partial charge is 0.325 e. The summed E-state index contributed by atoms with van der Waals surface area (Å²) >= 11 is 0. The van der Waals surface area contributed by atoms with E-state index in [1.807, 2.05) is 6.07 Å². The first-order valence-electron chi connectivity index (χ1n) is 8.25. The average Bonchev–Trinajstić information content (AvgIpc) is 3.24. The lowest BCUT2D eigenvalue weighted by Crippen LogP contribution is -2.42. The fourth-order valence-electron chi connectivity index (χ4n) is 3.20. The minimum Gasteiger partial charge on any atom is -0.325 e. The van der Waals surface area contributed by atoms with Gasteiger partial charge in [0, 0.05) is 6.54 Å². The quantitative estimate of drug-likeness (QED) is 0.872. The Labute approximate surface area is 127 Å². The number of rotatable bonds is 6. The lowest BCUT2D eigenvalue weighted by molar-refractivity contribution is -0.130. The zero-order valence-electron chi connectivity index (χ0n) is 13.1. The van der Waals surface area contributed by atoms with Crippen molar-refractivity contribution in [3.8, 4) is 0 Å². The van der Waals surface area contributed by atoms with Crippen LogP contribution in [0.15, 0.2) is 30.3 Å². The maximum Gasteiger partial charge on any atom is 0.241 e. The molecule has 1 aromatic carbocycles. The summed E-state index contributed by atoms with van der Waals surface area (Å²) in [4.78, 5) is 14.8. The number of nitrogens with one attached hydrogen (secondary N) is 1. The molecule has 2 aliphatic rings. The molecule has 1 heterocycles. The minimum atomic E-state index is -0.00337. The highest BCUT2D eigenvalue weighted by molar-refractivity contribution is 5.84. The fraction of sp³-hybridized carbons (Fsp3) is 0.611. The highest BCUT2D eigenvalue weighted by Gasteiger charge is 2.41. The van der Waals surface area contributed by atoms with Gasteiger partial charge in [0.25, 0.3) is 0 Å². The van der Waals surface area contributed by atoms with E-state index >= 15 is 0 Å². The number of carbonyl (C=O) groups is 1. The minimum absolute atomic E-state index is 0.00337. The van der Waals surface area contributed by atoms with E-state index in [2.05, 4.69) is 48.3 Å². The average molecular weight is 286 g/mol. The SMILES string of the molecule is CC(C)C1NC(CCc2ccccc2)C(=O)N1CC1CC1. The van der Waals surface area contributed by atoms with Gasteiger partial charge in [-0.15, -0.1) is 0 Å². The number of amides is 1. The van der Waals surface area contributed by atoms with Crippen LogP contribution in [0.2, 0.25) is 0 Å². The van der Waals surface area contributed by atoms with Gasteiger partial charge in [0.2, 0.25) is 5.91 Å². The number of nitrogens with zero attached hydrogens (tertiary/aromatic N) is 1. The van der Waals surface area contributed by atoms with Crippen LogP contribution in [0.5, 0.6) is 0 Å². The third-order valence-corrected chi connectivity index (χ3v) is 4.64. The van der Waals surface area contributed by atoms with E-state index in [0.29, 0.717) is 11.8 Å². The van der Waals surface area contributed by atoms with E-state index < -0.39 is 0 Å². The molecule has 2 fully saturated rings. The number of benzene rings is 1. The zero-order valence-corrected chi connectivity index (χ0v) is 13.1. The highest BCUT2D eigenvalue weighted by Crippen LogP contribution is 2.32. The van der Waals surface area contributed by atoms with Crippen molar-refractivity contribution in [3.63, 3.8) is 0 Å². The first-order chi connectivity index (χ1) is 10.1. The maximum atomic E-state index is 12.7. The van der Waals surface area contributed by atoms with E-state index in [9.17, 15) is 4.79 Å². The lowest BCUT2D eigenvalue weighted by atomic mass is 10.1. The van der Waals surface area contributed by atoms with Gasteiger partial charge in [-0.2, -0.15) is 0 Å². The Morgan fingerprint density at radius 3 is 2.57 bits per heavy atom. The molecule has 1 aromatic rings. The Morgan fingerprint density at radius 1 is 1.24 bits per heavy atom. The summed E-state index contributed by atoms with van der Waals surface area (Å²) in [7, 11) is 0. The van der Waals surface area contributed by atoms with E-state index in [1.54, 1.807) is 0 Å². The number of hydrogen-bond donors (Lipinski definition) is 1. The first kappa shape index (κ1) is 14.6. The molecular formula is C18H26N2O. The fourth-order valence-corrected chi connectivity index (χ4v) is 3.20. The summed E-state index contributed by atoms with van der Waals surface area (Å²) in [6.45, 7) is 5.35. The predicted molar refractivity (Wildman–Crippen MR) is 84.7 cm³/mol. The molecule has 0 radical (unpaired) electrons. The molecule has 2 unspecified atom stereocenters. The van der Waals surface area contributed by atoms with Crippen LogP contribution in [0, 0.1) is 11.8 Å². The molecule has 114 valence electrons. The Bertz CT molecular complexity index is 481. The van der Waals surface area contributed by atoms with Crippen LogP contribution in [0.4, 0.5) is 0 Å². The third-order valence-electron chi connectivity index (χ3n) is 4.64. The van der Waals surface area contributed by atoms with E-state index in [-0.39, 0.29) is 12.2 Å². The van der Waals surface area contributed by atoms with Gasteiger partial charge in [0.05, 0.1) is 12.2 Å². The second kappa shape index (κ2) is 6.18. The van der Waals surface area contributed by atoms with Gasteiger partial charge >= 0.3 is 0 Å². The molecule has 1 saturated carbocycles. The van der Waals surface area contributed by atoms with Crippen LogP contribution >= 0.6 is 0 Å². The molecule has 1 aliphatic heterocycles. The van der Waals surface area contributed by atoms with Crippen LogP contribution in [-0.4, -0.2) is 29.6 Å². The highest BCUT2D eigenvalue weighted by atomic mass is 16.2. The predicted octanol–water partition coefficient (Wildman–Crippen LogP) is 2.81. The van der Waals surface area contributed by atoms with Crippen molar-refractivity contribution in [2.75, 3.05) is 6.54 Å². The second-order valence-corrected chi connectivity index (χ2v) is 6.87. The molecule has 0 bridgehead atoms. The Hall–Kier alpha value is -1.35. The second-order valence-electron chi connectivity index (χ2n) is 6.87. The Balaban J connectivity index is 1.61. The normalized spacial score (nSPS) is 25.9. The van der Waals surface area contributed by atoms with E-state index in [0.717, 1.165) is 25.3 Å². The molecule has 1 amide bonds. The summed E-state index contributed by atoms with van der Waals surface area (Å²) < 4.78 is 0. The number of carbonyl (C=O) groups excluding carboxylic acids is 1. The molecule has 0 aromatic heterocycles. The van der Waals surface area contributed by atoms with Crippen LogP contribution in [-0.2, 0) is 11.2 Å². The molecule has 0 spiro atoms. The smallest absolute Gasteiger partial charge is 0.241 e. The van der Waals surface area contributed by atoms with Crippen molar-refractivity contribution in [1.82, 2.24) is 10.2 Å². The summed E-state index contributed by atoms with van der Waals surface area (Å²) in [6.07, 6.45) is 4.67. The van der Waals surface area contributed by atoms with Crippen molar-refractivity contribution in [1.29, 1.82) is 0 Å². The van der Waals surface area contributed by atoms with Gasteiger partial charge in [0.15, 0.2) is 0 Å². The summed E-state index contributed by atoms with van der Waals surface area (Å²) in [5.41, 5.74) is 1.31. The Kier molecular flexibility index (Phi) is 4.29. The molecule has 1 saturated heterocycles. The van der Waals surface area contributed by atoms with Gasteiger partial charge in [-0.1, -0.05) is 44.2 Å². The standard InChI is InChI=1S/C18H26N2O/c1-13(2)17-19-16(11-10-14-6-4-3-5-7-14)18(21)20(17)12-15-8-9-15/h3-7,13,15-17,19H,8-12H2,1-2H3. The van der Waals surface area contributed by atoms with E-state index in [4.69, 9.17) is 0 Å². The molecule has 21 heavy (non-hydrogen) atoms. The van der Waals surface area contributed by atoms with Crippen molar-refractivity contribution >= 4 is 5.91 Å². The molecule has 1 aliphatic carbocycles. The van der Waals surface area contributed by atoms with Gasteiger partial charge in [0.1, 0.15) is 0 Å². The first-order valence-corrected chi connectivity index (χ1v) is 8.25. The van der Waals surface area contributed by atoms with Gasteiger partial charge in [-0.05, 0) is 43.1 Å². The van der Waals surface area contributed by atoms with Gasteiger partial charge in [-0.25, -0.2) is 0 Å². The summed E-state index contributed by atoms with van der Waals surface area (Å²) in [5.74, 6) is 1.54. The molecule has 3 rings (SSSR count). The van der Waals surface area contributed by atoms with E-state index in [1.165, 1.54) is 18.4 Å². The number of aryl methyl sites for hydroxylation is 1. The zero-order chi connectivity index (χ0) is 14.8.